The molecule has 0 aliphatic rings. The molecular weight excluding hydrogens is 378 g/mol. The van der Waals surface area contributed by atoms with E-state index in [-0.39, 0.29) is 6.42 Å². The molecule has 1 atom stereocenters. The molecule has 0 aromatic heterocycles. The van der Waals surface area contributed by atoms with Crippen LogP contribution in [-0.2, 0) is 20.7 Å². The molecule has 2 aromatic rings. The van der Waals surface area contributed by atoms with Crippen molar-refractivity contribution in [1.82, 2.24) is 5.32 Å². The number of hydrogen-bond donors (Lipinski definition) is 3. The van der Waals surface area contributed by atoms with Crippen molar-refractivity contribution in [1.29, 1.82) is 0 Å². The second-order valence-electron chi connectivity index (χ2n) is 5.98. The molecule has 29 heavy (non-hydrogen) atoms. The fourth-order valence-corrected chi connectivity index (χ4v) is 2.56. The molecule has 3 amide bonds. The third-order valence-corrected chi connectivity index (χ3v) is 3.90. The highest BCUT2D eigenvalue weighted by Gasteiger charge is 2.23. The van der Waals surface area contributed by atoms with Gasteiger partial charge in [-0.2, -0.15) is 0 Å². The summed E-state index contributed by atoms with van der Waals surface area (Å²) in [6, 6.07) is 12.0. The van der Waals surface area contributed by atoms with Gasteiger partial charge in [0, 0.05) is 18.2 Å². The number of methoxy groups -OCH3 is 2. The Morgan fingerprint density at radius 2 is 1.69 bits per heavy atom. The summed E-state index contributed by atoms with van der Waals surface area (Å²) in [4.78, 5) is 35.6. The number of hydrogen-bond acceptors (Lipinski definition) is 6. The maximum Gasteiger partial charge on any atom is 0.329 e. The molecule has 9 nitrogen and oxygen atoms in total. The van der Waals surface area contributed by atoms with Crippen LogP contribution in [0.3, 0.4) is 0 Å². The van der Waals surface area contributed by atoms with Crippen molar-refractivity contribution in [2.75, 3.05) is 26.1 Å². The summed E-state index contributed by atoms with van der Waals surface area (Å²) in [6.07, 6.45) is 0.180. The van der Waals surface area contributed by atoms with Crippen LogP contribution < -0.4 is 25.8 Å². The Labute approximate surface area is 168 Å². The molecule has 154 valence electrons. The minimum Gasteiger partial charge on any atom is -0.493 e. The van der Waals surface area contributed by atoms with Crippen molar-refractivity contribution in [3.05, 3.63) is 54.1 Å². The predicted octanol–water partition coefficient (Wildman–Crippen LogP) is 1.47. The van der Waals surface area contributed by atoms with Gasteiger partial charge in [0.05, 0.1) is 14.2 Å². The quantitative estimate of drug-likeness (QED) is 0.546. The Morgan fingerprint density at radius 1 is 1.00 bits per heavy atom. The molecule has 0 bridgehead atoms. The summed E-state index contributed by atoms with van der Waals surface area (Å²) < 4.78 is 15.3. The minimum absolute atomic E-state index is 0.180. The molecule has 9 heteroatoms. The third kappa shape index (κ3) is 6.73. The van der Waals surface area contributed by atoms with Gasteiger partial charge in [-0.25, -0.2) is 9.59 Å². The lowest BCUT2D eigenvalue weighted by molar-refractivity contribution is -0.149. The largest absolute Gasteiger partial charge is 0.493 e. The summed E-state index contributed by atoms with van der Waals surface area (Å²) in [7, 11) is 2.98. The van der Waals surface area contributed by atoms with Crippen LogP contribution >= 0.6 is 0 Å². The van der Waals surface area contributed by atoms with Crippen LogP contribution in [0.4, 0.5) is 10.5 Å². The van der Waals surface area contributed by atoms with E-state index in [0.29, 0.717) is 17.2 Å². The van der Waals surface area contributed by atoms with E-state index in [1.165, 1.54) is 14.2 Å². The number of amides is 3. The van der Waals surface area contributed by atoms with E-state index in [9.17, 15) is 14.4 Å². The fraction of sp³-hybridized carbons (Fsp3) is 0.250. The average molecular weight is 401 g/mol. The zero-order chi connectivity index (χ0) is 21.2. The number of primary amides is 1. The van der Waals surface area contributed by atoms with E-state index in [0.717, 1.165) is 5.56 Å². The highest BCUT2D eigenvalue weighted by atomic mass is 16.5. The Bertz CT molecular complexity index is 857. The van der Waals surface area contributed by atoms with Gasteiger partial charge < -0.3 is 30.6 Å². The van der Waals surface area contributed by atoms with Crippen LogP contribution in [0.25, 0.3) is 0 Å². The fourth-order valence-electron chi connectivity index (χ4n) is 2.56. The van der Waals surface area contributed by atoms with Gasteiger partial charge in [0.2, 0.25) is 0 Å². The summed E-state index contributed by atoms with van der Waals surface area (Å²) in [5.74, 6) is -0.368. The number of esters is 1. The van der Waals surface area contributed by atoms with Crippen LogP contribution in [0, 0.1) is 0 Å². The number of benzene rings is 2. The van der Waals surface area contributed by atoms with Gasteiger partial charge in [-0.1, -0.05) is 30.3 Å². The number of urea groups is 1. The lowest BCUT2D eigenvalue weighted by atomic mass is 10.1. The molecule has 0 saturated carbocycles. The van der Waals surface area contributed by atoms with Crippen molar-refractivity contribution in [2.24, 2.45) is 5.73 Å². The Hall–Kier alpha value is -3.75. The van der Waals surface area contributed by atoms with Gasteiger partial charge in [0.25, 0.3) is 5.91 Å². The number of nitrogens with one attached hydrogen (secondary N) is 2. The normalized spacial score (nSPS) is 11.1. The lowest BCUT2D eigenvalue weighted by Crippen LogP contribution is -2.46. The van der Waals surface area contributed by atoms with Gasteiger partial charge in [-0.15, -0.1) is 0 Å². The average Bonchev–Trinajstić information content (AvgIpc) is 2.71. The molecule has 0 heterocycles. The summed E-state index contributed by atoms with van der Waals surface area (Å²) in [5.41, 5.74) is 6.38. The molecule has 0 saturated heterocycles. The summed E-state index contributed by atoms with van der Waals surface area (Å²) in [5, 5.41) is 4.92. The first kappa shape index (κ1) is 21.5. The molecule has 2 rings (SSSR count). The van der Waals surface area contributed by atoms with Gasteiger partial charge in [-0.3, -0.25) is 4.79 Å². The van der Waals surface area contributed by atoms with E-state index in [1.54, 1.807) is 42.5 Å². The summed E-state index contributed by atoms with van der Waals surface area (Å²) in [6.45, 7) is -0.529. The number of carbonyl (C=O) groups is 3. The first-order valence-corrected chi connectivity index (χ1v) is 8.71. The van der Waals surface area contributed by atoms with Gasteiger partial charge in [-0.05, 0) is 17.7 Å². The van der Waals surface area contributed by atoms with Crippen LogP contribution in [-0.4, -0.2) is 44.8 Å². The molecular formula is C20H23N3O6. The van der Waals surface area contributed by atoms with Crippen molar-refractivity contribution >= 4 is 23.6 Å². The molecule has 0 radical (unpaired) electrons. The number of carbonyl (C=O) groups excluding carboxylic acids is 3. The van der Waals surface area contributed by atoms with E-state index in [2.05, 4.69) is 10.6 Å². The number of rotatable bonds is 9. The third-order valence-electron chi connectivity index (χ3n) is 3.90. The van der Waals surface area contributed by atoms with Crippen molar-refractivity contribution in [3.8, 4) is 11.5 Å². The van der Waals surface area contributed by atoms with Crippen LogP contribution in [0.15, 0.2) is 48.5 Å². The first-order valence-electron chi connectivity index (χ1n) is 8.71. The minimum atomic E-state index is -1.01. The van der Waals surface area contributed by atoms with E-state index in [1.807, 2.05) is 6.07 Å². The predicted molar refractivity (Wildman–Crippen MR) is 106 cm³/mol. The maximum absolute atomic E-state index is 12.3. The standard InChI is InChI=1S/C20H23N3O6/c1-27-16-9-8-14(11-17(16)28-2)22-18(24)12-29-19(25)15(23-20(21)26)10-13-6-4-3-5-7-13/h3-9,11,15H,10,12H2,1-2H3,(H,22,24)(H3,21,23,26)/t15-/m0/s1. The van der Waals surface area contributed by atoms with Crippen LogP contribution in [0.5, 0.6) is 11.5 Å². The number of anilines is 1. The monoisotopic (exact) mass is 401 g/mol. The van der Waals surface area contributed by atoms with Crippen molar-refractivity contribution < 1.29 is 28.6 Å². The molecule has 0 spiro atoms. The Kier molecular flexibility index (Phi) is 7.84. The van der Waals surface area contributed by atoms with Gasteiger partial charge >= 0.3 is 12.0 Å². The van der Waals surface area contributed by atoms with Gasteiger partial charge in [0.15, 0.2) is 18.1 Å². The van der Waals surface area contributed by atoms with Crippen LogP contribution in [0.1, 0.15) is 5.56 Å². The lowest BCUT2D eigenvalue weighted by Gasteiger charge is -2.16. The molecule has 0 aliphatic heterocycles. The van der Waals surface area contributed by atoms with E-state index < -0.39 is 30.6 Å². The molecule has 0 unspecified atom stereocenters. The van der Waals surface area contributed by atoms with Crippen molar-refractivity contribution in [2.45, 2.75) is 12.5 Å². The van der Waals surface area contributed by atoms with Crippen LogP contribution in [0.2, 0.25) is 0 Å². The molecule has 0 fully saturated rings. The topological polar surface area (TPSA) is 129 Å². The maximum atomic E-state index is 12.3. The highest BCUT2D eigenvalue weighted by Crippen LogP contribution is 2.29. The zero-order valence-electron chi connectivity index (χ0n) is 16.1. The zero-order valence-corrected chi connectivity index (χ0v) is 16.1. The molecule has 0 aliphatic carbocycles. The Balaban J connectivity index is 1.94. The first-order chi connectivity index (χ1) is 13.9. The second kappa shape index (κ2) is 10.5. The smallest absolute Gasteiger partial charge is 0.329 e. The SMILES string of the molecule is COc1ccc(NC(=O)COC(=O)[C@H](Cc2ccccc2)NC(N)=O)cc1OC. The van der Waals surface area contributed by atoms with E-state index in [4.69, 9.17) is 19.9 Å². The highest BCUT2D eigenvalue weighted by molar-refractivity contribution is 5.93. The van der Waals surface area contributed by atoms with E-state index >= 15 is 0 Å². The van der Waals surface area contributed by atoms with Crippen molar-refractivity contribution in [3.63, 3.8) is 0 Å². The number of ether oxygens (including phenoxy) is 3. The van der Waals surface area contributed by atoms with Gasteiger partial charge in [0.1, 0.15) is 6.04 Å². The summed E-state index contributed by atoms with van der Waals surface area (Å²) >= 11 is 0. The number of nitrogens with two attached hydrogens (primary N) is 1. The second-order valence-corrected chi connectivity index (χ2v) is 5.98. The Morgan fingerprint density at radius 3 is 2.31 bits per heavy atom. The molecule has 2 aromatic carbocycles. The molecule has 4 N–H and O–H groups in total.